The highest BCUT2D eigenvalue weighted by molar-refractivity contribution is 4.80. The third-order valence-electron chi connectivity index (χ3n) is 4.13. The number of hydrogen-bond donors (Lipinski definition) is 2. The molecular formula is C13H25NO. The van der Waals surface area contributed by atoms with Crippen LogP contribution in [0.3, 0.4) is 0 Å². The third-order valence-corrected chi connectivity index (χ3v) is 4.13. The largest absolute Gasteiger partial charge is 0.393 e. The molecule has 0 aromatic carbocycles. The fourth-order valence-corrected chi connectivity index (χ4v) is 3.13. The van der Waals surface area contributed by atoms with E-state index >= 15 is 0 Å². The first-order valence-electron chi connectivity index (χ1n) is 6.78. The Bertz CT molecular complexity index is 171. The summed E-state index contributed by atoms with van der Waals surface area (Å²) in [5.41, 5.74) is 0. The molecule has 2 rings (SSSR count). The van der Waals surface area contributed by atoms with Gasteiger partial charge in [-0.05, 0) is 44.6 Å². The van der Waals surface area contributed by atoms with Gasteiger partial charge in [-0.15, -0.1) is 0 Å². The molecule has 0 aromatic heterocycles. The van der Waals surface area contributed by atoms with Gasteiger partial charge in [-0.1, -0.05) is 25.7 Å². The second-order valence-electron chi connectivity index (χ2n) is 5.35. The lowest BCUT2D eigenvalue weighted by Gasteiger charge is -2.31. The molecule has 2 atom stereocenters. The zero-order valence-electron chi connectivity index (χ0n) is 9.75. The van der Waals surface area contributed by atoms with Crippen LogP contribution in [0, 0.1) is 5.92 Å². The van der Waals surface area contributed by atoms with E-state index in [9.17, 15) is 5.11 Å². The Balaban J connectivity index is 1.72. The quantitative estimate of drug-likeness (QED) is 0.751. The highest BCUT2D eigenvalue weighted by Gasteiger charge is 2.25. The summed E-state index contributed by atoms with van der Waals surface area (Å²) in [5.74, 6) is 0.600. The molecule has 2 nitrogen and oxygen atoms in total. The smallest absolute Gasteiger partial charge is 0.0583 e. The molecule has 0 bridgehead atoms. The van der Waals surface area contributed by atoms with Gasteiger partial charge >= 0.3 is 0 Å². The molecular weight excluding hydrogens is 186 g/mol. The summed E-state index contributed by atoms with van der Waals surface area (Å²) in [7, 11) is 0. The molecule has 15 heavy (non-hydrogen) atoms. The fraction of sp³-hybridized carbons (Fsp3) is 1.00. The predicted molar refractivity (Wildman–Crippen MR) is 62.8 cm³/mol. The van der Waals surface area contributed by atoms with Crippen LogP contribution in [0.2, 0.25) is 0 Å². The second-order valence-corrected chi connectivity index (χ2v) is 5.35. The van der Waals surface area contributed by atoms with Gasteiger partial charge in [0.05, 0.1) is 6.10 Å². The molecule has 1 heterocycles. The Kier molecular flexibility index (Phi) is 4.45. The molecule has 0 radical (unpaired) electrons. The van der Waals surface area contributed by atoms with E-state index < -0.39 is 0 Å². The van der Waals surface area contributed by atoms with Gasteiger partial charge in [-0.25, -0.2) is 0 Å². The standard InChI is InChI=1S/C13H25NO/c15-13(11-6-2-1-3-7-11)10-12-8-4-5-9-14-12/h11-15H,1-10H2. The highest BCUT2D eigenvalue weighted by Crippen LogP contribution is 2.29. The molecule has 1 saturated heterocycles. The molecule has 0 amide bonds. The molecule has 2 heteroatoms. The molecule has 88 valence electrons. The van der Waals surface area contributed by atoms with Crippen molar-refractivity contribution in [2.45, 2.75) is 69.9 Å². The maximum atomic E-state index is 10.2. The summed E-state index contributed by atoms with van der Waals surface area (Å²) in [4.78, 5) is 0. The minimum absolute atomic E-state index is 0.0408. The van der Waals surface area contributed by atoms with E-state index in [4.69, 9.17) is 0 Å². The van der Waals surface area contributed by atoms with Crippen molar-refractivity contribution in [2.75, 3.05) is 6.54 Å². The molecule has 1 aliphatic carbocycles. The van der Waals surface area contributed by atoms with Crippen molar-refractivity contribution >= 4 is 0 Å². The predicted octanol–water partition coefficient (Wildman–Crippen LogP) is 2.46. The summed E-state index contributed by atoms with van der Waals surface area (Å²) in [6.45, 7) is 1.15. The third kappa shape index (κ3) is 3.46. The van der Waals surface area contributed by atoms with Crippen molar-refractivity contribution in [1.29, 1.82) is 0 Å². The van der Waals surface area contributed by atoms with Gasteiger partial charge in [0, 0.05) is 6.04 Å². The SMILES string of the molecule is OC(CC1CCCCN1)C1CCCCC1. The first-order valence-corrected chi connectivity index (χ1v) is 6.78. The number of aliphatic hydroxyl groups excluding tert-OH is 1. The van der Waals surface area contributed by atoms with Crippen molar-refractivity contribution in [1.82, 2.24) is 5.32 Å². The van der Waals surface area contributed by atoms with Crippen LogP contribution < -0.4 is 5.32 Å². The lowest BCUT2D eigenvalue weighted by molar-refractivity contribution is 0.0645. The van der Waals surface area contributed by atoms with Crippen LogP contribution in [0.25, 0.3) is 0 Å². The van der Waals surface area contributed by atoms with Gasteiger partial charge < -0.3 is 10.4 Å². The minimum atomic E-state index is -0.0408. The molecule has 2 fully saturated rings. The van der Waals surface area contributed by atoms with E-state index in [1.165, 1.54) is 51.4 Å². The first-order chi connectivity index (χ1) is 7.36. The Morgan fingerprint density at radius 1 is 1.00 bits per heavy atom. The van der Waals surface area contributed by atoms with E-state index in [1.807, 2.05) is 0 Å². The fourth-order valence-electron chi connectivity index (χ4n) is 3.13. The second kappa shape index (κ2) is 5.86. The maximum absolute atomic E-state index is 10.2. The summed E-state index contributed by atoms with van der Waals surface area (Å²) in [6, 6.07) is 0.593. The summed E-state index contributed by atoms with van der Waals surface area (Å²) in [5, 5.41) is 13.7. The van der Waals surface area contributed by atoms with Crippen molar-refractivity contribution in [3.63, 3.8) is 0 Å². The zero-order chi connectivity index (χ0) is 10.5. The van der Waals surface area contributed by atoms with Crippen LogP contribution >= 0.6 is 0 Å². The molecule has 2 aliphatic rings. The number of nitrogens with one attached hydrogen (secondary N) is 1. The summed E-state index contributed by atoms with van der Waals surface area (Å²) < 4.78 is 0. The molecule has 2 unspecified atom stereocenters. The number of hydrogen-bond acceptors (Lipinski definition) is 2. The molecule has 0 aromatic rings. The van der Waals surface area contributed by atoms with Gasteiger partial charge in [-0.3, -0.25) is 0 Å². The van der Waals surface area contributed by atoms with E-state index in [1.54, 1.807) is 0 Å². The van der Waals surface area contributed by atoms with Crippen LogP contribution in [0.5, 0.6) is 0 Å². The van der Waals surface area contributed by atoms with Crippen LogP contribution in [-0.4, -0.2) is 23.8 Å². The monoisotopic (exact) mass is 211 g/mol. The Morgan fingerprint density at radius 3 is 2.40 bits per heavy atom. The molecule has 1 saturated carbocycles. The summed E-state index contributed by atoms with van der Waals surface area (Å²) >= 11 is 0. The Hall–Kier alpha value is -0.0800. The normalized spacial score (nSPS) is 31.4. The van der Waals surface area contributed by atoms with Gasteiger partial charge in [0.1, 0.15) is 0 Å². The number of aliphatic hydroxyl groups is 1. The lowest BCUT2D eigenvalue weighted by atomic mass is 9.82. The van der Waals surface area contributed by atoms with Crippen molar-refractivity contribution in [3.8, 4) is 0 Å². The average Bonchev–Trinajstić information content (AvgIpc) is 2.31. The van der Waals surface area contributed by atoms with Gasteiger partial charge in [0.2, 0.25) is 0 Å². The van der Waals surface area contributed by atoms with E-state index in [-0.39, 0.29) is 6.10 Å². The Labute approximate surface area is 93.5 Å². The molecule has 1 aliphatic heterocycles. The van der Waals surface area contributed by atoms with Crippen molar-refractivity contribution in [3.05, 3.63) is 0 Å². The maximum Gasteiger partial charge on any atom is 0.0583 e. The van der Waals surface area contributed by atoms with Crippen LogP contribution in [0.1, 0.15) is 57.8 Å². The number of piperidine rings is 1. The van der Waals surface area contributed by atoms with Crippen molar-refractivity contribution < 1.29 is 5.11 Å². The lowest BCUT2D eigenvalue weighted by Crippen LogP contribution is -2.38. The van der Waals surface area contributed by atoms with E-state index in [2.05, 4.69) is 5.32 Å². The van der Waals surface area contributed by atoms with Crippen LogP contribution in [0.4, 0.5) is 0 Å². The van der Waals surface area contributed by atoms with E-state index in [0.717, 1.165) is 13.0 Å². The van der Waals surface area contributed by atoms with Crippen LogP contribution in [-0.2, 0) is 0 Å². The van der Waals surface area contributed by atoms with Gasteiger partial charge in [0.15, 0.2) is 0 Å². The zero-order valence-corrected chi connectivity index (χ0v) is 9.75. The van der Waals surface area contributed by atoms with Crippen LogP contribution in [0.15, 0.2) is 0 Å². The highest BCUT2D eigenvalue weighted by atomic mass is 16.3. The molecule has 0 spiro atoms. The number of rotatable bonds is 3. The topological polar surface area (TPSA) is 32.3 Å². The average molecular weight is 211 g/mol. The van der Waals surface area contributed by atoms with E-state index in [0.29, 0.717) is 12.0 Å². The van der Waals surface area contributed by atoms with Gasteiger partial charge in [0.25, 0.3) is 0 Å². The Morgan fingerprint density at radius 2 is 1.73 bits per heavy atom. The summed E-state index contributed by atoms with van der Waals surface area (Å²) in [6.07, 6.45) is 11.4. The molecule has 2 N–H and O–H groups in total. The minimum Gasteiger partial charge on any atom is -0.393 e. The first kappa shape index (κ1) is 11.4. The van der Waals surface area contributed by atoms with Gasteiger partial charge in [-0.2, -0.15) is 0 Å². The van der Waals surface area contributed by atoms with Crippen molar-refractivity contribution in [2.24, 2.45) is 5.92 Å².